The van der Waals surface area contributed by atoms with Gasteiger partial charge in [-0.3, -0.25) is 4.68 Å². The number of alkyl halides is 3. The van der Waals surface area contributed by atoms with Crippen molar-refractivity contribution < 1.29 is 22.6 Å². The Morgan fingerprint density at radius 2 is 2.03 bits per heavy atom. The summed E-state index contributed by atoms with van der Waals surface area (Å²) in [6, 6.07) is 7.40. The first-order valence-corrected chi connectivity index (χ1v) is 12.2. The van der Waals surface area contributed by atoms with Crippen molar-refractivity contribution in [3.05, 3.63) is 66.1 Å². The fourth-order valence-electron chi connectivity index (χ4n) is 4.68. The van der Waals surface area contributed by atoms with E-state index in [1.54, 1.807) is 24.0 Å². The normalized spacial score (nSPS) is 17.9. The first-order valence-electron chi connectivity index (χ1n) is 12.2. The molecular formula is C26H25F3N6O2. The van der Waals surface area contributed by atoms with Gasteiger partial charge in [-0.1, -0.05) is 12.1 Å². The Morgan fingerprint density at radius 3 is 2.70 bits per heavy atom. The number of rotatable bonds is 7. The van der Waals surface area contributed by atoms with Crippen molar-refractivity contribution in [1.29, 1.82) is 0 Å². The van der Waals surface area contributed by atoms with Gasteiger partial charge in [-0.2, -0.15) is 18.3 Å². The standard InChI is InChI=1S/C26H25F3N6O2/c1-34-13-21(26(27,28)29)33-24(34)17-5-6-18(12-35-9-2-8-32-35)20(11-17)22-23(16-3-4-16)30-15-31-25(22)37-19-7-10-36-14-19/h2,5-6,8-9,11,13,15-16,19H,3-4,7,10,12,14H2,1H3. The van der Waals surface area contributed by atoms with E-state index in [4.69, 9.17) is 9.47 Å². The minimum atomic E-state index is -4.53. The van der Waals surface area contributed by atoms with E-state index in [0.717, 1.165) is 47.8 Å². The summed E-state index contributed by atoms with van der Waals surface area (Å²) in [6.07, 6.45) is 4.22. The summed E-state index contributed by atoms with van der Waals surface area (Å²) in [7, 11) is 1.56. The highest BCUT2D eigenvalue weighted by Gasteiger charge is 2.35. The highest BCUT2D eigenvalue weighted by Crippen LogP contribution is 2.47. The van der Waals surface area contributed by atoms with Gasteiger partial charge in [-0.05, 0) is 36.1 Å². The van der Waals surface area contributed by atoms with Crippen LogP contribution in [-0.2, 0) is 24.5 Å². The van der Waals surface area contributed by atoms with E-state index in [2.05, 4.69) is 20.1 Å². The van der Waals surface area contributed by atoms with Crippen LogP contribution < -0.4 is 4.74 Å². The molecule has 2 fully saturated rings. The molecule has 1 unspecified atom stereocenters. The summed E-state index contributed by atoms with van der Waals surface area (Å²) in [6.45, 7) is 1.57. The first-order chi connectivity index (χ1) is 17.9. The Balaban J connectivity index is 1.52. The Labute approximate surface area is 211 Å². The minimum absolute atomic E-state index is 0.123. The van der Waals surface area contributed by atoms with E-state index in [9.17, 15) is 13.2 Å². The molecule has 37 heavy (non-hydrogen) atoms. The van der Waals surface area contributed by atoms with Gasteiger partial charge in [-0.15, -0.1) is 0 Å². The largest absolute Gasteiger partial charge is 0.471 e. The third kappa shape index (κ3) is 4.83. The van der Waals surface area contributed by atoms with Crippen LogP contribution in [0, 0.1) is 0 Å². The Kier molecular flexibility index (Phi) is 5.94. The average Bonchev–Trinajstić information content (AvgIpc) is 3.21. The predicted octanol–water partition coefficient (Wildman–Crippen LogP) is 4.85. The van der Waals surface area contributed by atoms with E-state index < -0.39 is 11.9 Å². The zero-order chi connectivity index (χ0) is 25.6. The van der Waals surface area contributed by atoms with Crippen LogP contribution in [0.4, 0.5) is 13.2 Å². The molecule has 3 aromatic heterocycles. The molecule has 4 aromatic rings. The SMILES string of the molecule is Cn1cc(C(F)(F)F)nc1-c1ccc(Cn2cccn2)c(-c2c(OC3CCOC3)ncnc2C2CC2)c1. The summed E-state index contributed by atoms with van der Waals surface area (Å²) in [5, 5.41) is 4.34. The lowest BCUT2D eigenvalue weighted by molar-refractivity contribution is -0.140. The summed E-state index contributed by atoms with van der Waals surface area (Å²) >= 11 is 0. The van der Waals surface area contributed by atoms with E-state index in [0.29, 0.717) is 31.2 Å². The van der Waals surface area contributed by atoms with Crippen LogP contribution in [0.15, 0.2) is 49.2 Å². The predicted molar refractivity (Wildman–Crippen MR) is 128 cm³/mol. The molecule has 11 heteroatoms. The second kappa shape index (κ2) is 9.29. The molecule has 8 nitrogen and oxygen atoms in total. The van der Waals surface area contributed by atoms with Crippen LogP contribution in [0.25, 0.3) is 22.5 Å². The lowest BCUT2D eigenvalue weighted by atomic mass is 9.94. The highest BCUT2D eigenvalue weighted by molar-refractivity contribution is 5.79. The molecule has 4 heterocycles. The molecule has 1 saturated heterocycles. The van der Waals surface area contributed by atoms with Gasteiger partial charge in [0, 0.05) is 43.5 Å². The van der Waals surface area contributed by atoms with Crippen LogP contribution in [0.5, 0.6) is 5.88 Å². The maximum Gasteiger partial charge on any atom is 0.434 e. The smallest absolute Gasteiger partial charge is 0.434 e. The molecule has 0 amide bonds. The fourth-order valence-corrected chi connectivity index (χ4v) is 4.68. The van der Waals surface area contributed by atoms with Gasteiger partial charge in [0.25, 0.3) is 0 Å². The second-order valence-corrected chi connectivity index (χ2v) is 9.45. The average molecular weight is 511 g/mol. The number of aryl methyl sites for hydroxylation is 1. The number of hydrogen-bond donors (Lipinski definition) is 0. The third-order valence-corrected chi connectivity index (χ3v) is 6.67. The Morgan fingerprint density at radius 1 is 1.16 bits per heavy atom. The van der Waals surface area contributed by atoms with Crippen molar-refractivity contribution in [3.8, 4) is 28.4 Å². The number of benzene rings is 1. The van der Waals surface area contributed by atoms with Crippen molar-refractivity contribution in [2.75, 3.05) is 13.2 Å². The lowest BCUT2D eigenvalue weighted by Crippen LogP contribution is -2.18. The van der Waals surface area contributed by atoms with E-state index in [1.807, 2.05) is 24.4 Å². The zero-order valence-corrected chi connectivity index (χ0v) is 20.1. The molecule has 1 aliphatic heterocycles. The van der Waals surface area contributed by atoms with E-state index in [-0.39, 0.29) is 17.8 Å². The molecule has 0 spiro atoms. The zero-order valence-electron chi connectivity index (χ0n) is 20.1. The monoisotopic (exact) mass is 510 g/mol. The summed E-state index contributed by atoms with van der Waals surface area (Å²) in [4.78, 5) is 13.0. The lowest BCUT2D eigenvalue weighted by Gasteiger charge is -2.20. The van der Waals surface area contributed by atoms with E-state index >= 15 is 0 Å². The van der Waals surface area contributed by atoms with Crippen LogP contribution in [0.2, 0.25) is 0 Å². The highest BCUT2D eigenvalue weighted by atomic mass is 19.4. The molecule has 0 N–H and O–H groups in total. The maximum absolute atomic E-state index is 13.4. The van der Waals surface area contributed by atoms with Gasteiger partial charge >= 0.3 is 6.18 Å². The minimum Gasteiger partial charge on any atom is -0.471 e. The number of aromatic nitrogens is 6. The third-order valence-electron chi connectivity index (χ3n) is 6.67. The molecule has 0 bridgehead atoms. The van der Waals surface area contributed by atoms with Crippen LogP contribution in [-0.4, -0.2) is 48.6 Å². The van der Waals surface area contributed by atoms with Crippen LogP contribution in [0.3, 0.4) is 0 Å². The quantitative estimate of drug-likeness (QED) is 0.354. The number of imidazole rings is 1. The Bertz CT molecular complexity index is 1410. The van der Waals surface area contributed by atoms with Gasteiger partial charge in [0.15, 0.2) is 5.69 Å². The van der Waals surface area contributed by atoms with Gasteiger partial charge in [0.1, 0.15) is 18.3 Å². The molecule has 0 radical (unpaired) electrons. The number of nitrogens with zero attached hydrogens (tertiary/aromatic N) is 6. The maximum atomic E-state index is 13.4. The van der Waals surface area contributed by atoms with Gasteiger partial charge in [0.2, 0.25) is 5.88 Å². The van der Waals surface area contributed by atoms with Crippen molar-refractivity contribution in [3.63, 3.8) is 0 Å². The summed E-state index contributed by atoms with van der Waals surface area (Å²) < 4.78 is 55.2. The van der Waals surface area contributed by atoms with E-state index in [1.165, 1.54) is 10.9 Å². The molecule has 2 aliphatic rings. The fraction of sp³-hybridized carbons (Fsp3) is 0.385. The van der Waals surface area contributed by atoms with Crippen molar-refractivity contribution >= 4 is 0 Å². The molecule has 1 aromatic carbocycles. The number of hydrogen-bond acceptors (Lipinski definition) is 6. The summed E-state index contributed by atoms with van der Waals surface area (Å²) in [5.74, 6) is 0.962. The molecular weight excluding hydrogens is 485 g/mol. The molecule has 1 saturated carbocycles. The molecule has 6 rings (SSSR count). The van der Waals surface area contributed by atoms with Crippen molar-refractivity contribution in [2.24, 2.45) is 7.05 Å². The topological polar surface area (TPSA) is 79.9 Å². The molecule has 1 aliphatic carbocycles. The summed E-state index contributed by atoms with van der Waals surface area (Å²) in [5.41, 5.74) is 2.99. The van der Waals surface area contributed by atoms with Gasteiger partial charge in [0.05, 0.1) is 31.0 Å². The first kappa shape index (κ1) is 23.7. The number of ether oxygens (including phenoxy) is 2. The van der Waals surface area contributed by atoms with Gasteiger partial charge in [-0.25, -0.2) is 15.0 Å². The van der Waals surface area contributed by atoms with Crippen LogP contribution in [0.1, 0.15) is 42.1 Å². The van der Waals surface area contributed by atoms with Crippen molar-refractivity contribution in [1.82, 2.24) is 29.3 Å². The molecule has 1 atom stereocenters. The van der Waals surface area contributed by atoms with Gasteiger partial charge < -0.3 is 14.0 Å². The number of halogens is 3. The Hall–Kier alpha value is -3.73. The van der Waals surface area contributed by atoms with Crippen molar-refractivity contribution in [2.45, 2.75) is 44.0 Å². The van der Waals surface area contributed by atoms with Crippen LogP contribution >= 0.6 is 0 Å². The molecule has 192 valence electrons. The second-order valence-electron chi connectivity index (χ2n) is 9.45.